The number of nitrogens with zero attached hydrogens (tertiary/aromatic N) is 1. The van der Waals surface area contributed by atoms with Crippen molar-refractivity contribution >= 4 is 23.7 Å². The van der Waals surface area contributed by atoms with Crippen LogP contribution in [-0.4, -0.2) is 85.4 Å². The summed E-state index contributed by atoms with van der Waals surface area (Å²) in [6, 6.07) is -5.22. The average Bonchev–Trinajstić information content (AvgIpc) is 3.20. The zero-order valence-corrected chi connectivity index (χ0v) is 18.4. The minimum absolute atomic E-state index is 0.0938. The summed E-state index contributed by atoms with van der Waals surface area (Å²) < 4.78 is 0. The molecule has 3 amide bonds. The van der Waals surface area contributed by atoms with E-state index in [-0.39, 0.29) is 6.42 Å². The molecule has 0 fully saturated rings. The molecule has 6 unspecified atom stereocenters. The standard InChI is InChI=1S/C19H32N6O7/c1-8(2)14(24-16(28)13(20)9(3)26)17(29)25-15(10(4)27)18(30)23-12(19(31)32)5-11-6-21-7-22-11/h6-10,12-15,26-27H,5,20H2,1-4H3,(H,21,22)(H,23,30)(H,24,28)(H,25,29)(H,31,32). The van der Waals surface area contributed by atoms with Crippen LogP contribution >= 0.6 is 0 Å². The number of rotatable bonds is 12. The number of aliphatic hydroxyl groups excluding tert-OH is 2. The van der Waals surface area contributed by atoms with E-state index in [9.17, 15) is 34.5 Å². The number of carboxylic acids is 1. The molecule has 0 spiro atoms. The molecule has 0 bridgehead atoms. The number of aromatic amines is 1. The van der Waals surface area contributed by atoms with Crippen molar-refractivity contribution in [2.45, 2.75) is 70.5 Å². The molecule has 13 heteroatoms. The Labute approximate surface area is 185 Å². The lowest BCUT2D eigenvalue weighted by atomic mass is 10.0. The average molecular weight is 457 g/mol. The van der Waals surface area contributed by atoms with E-state index in [1.54, 1.807) is 13.8 Å². The van der Waals surface area contributed by atoms with Crippen LogP contribution < -0.4 is 21.7 Å². The number of carboxylic acid groups (broad SMARTS) is 1. The Morgan fingerprint density at radius 1 is 0.969 bits per heavy atom. The summed E-state index contributed by atoms with van der Waals surface area (Å²) in [6.45, 7) is 5.85. The molecule has 0 aliphatic heterocycles. The van der Waals surface area contributed by atoms with Crippen LogP contribution in [-0.2, 0) is 25.6 Å². The SMILES string of the molecule is CC(C)C(NC(=O)C(N)C(C)O)C(=O)NC(C(=O)NC(Cc1cnc[nH]1)C(=O)O)C(C)O. The van der Waals surface area contributed by atoms with E-state index in [0.29, 0.717) is 5.69 Å². The van der Waals surface area contributed by atoms with Crippen LogP contribution in [0.2, 0.25) is 0 Å². The molecule has 1 aromatic rings. The molecule has 0 aromatic carbocycles. The maximum atomic E-state index is 12.8. The number of nitrogens with two attached hydrogens (primary N) is 1. The third-order valence-electron chi connectivity index (χ3n) is 4.73. The van der Waals surface area contributed by atoms with Gasteiger partial charge >= 0.3 is 5.97 Å². The van der Waals surface area contributed by atoms with Crippen molar-refractivity contribution in [3.8, 4) is 0 Å². The maximum absolute atomic E-state index is 12.8. The minimum Gasteiger partial charge on any atom is -0.480 e. The van der Waals surface area contributed by atoms with Crippen molar-refractivity contribution < 1.29 is 34.5 Å². The van der Waals surface area contributed by atoms with Gasteiger partial charge in [0.05, 0.1) is 18.5 Å². The highest BCUT2D eigenvalue weighted by molar-refractivity contribution is 5.94. The Bertz CT molecular complexity index is 781. The Kier molecular flexibility index (Phi) is 10.2. The lowest BCUT2D eigenvalue weighted by molar-refractivity contribution is -0.143. The summed E-state index contributed by atoms with van der Waals surface area (Å²) in [6.07, 6.45) is 0.153. The highest BCUT2D eigenvalue weighted by Gasteiger charge is 2.34. The van der Waals surface area contributed by atoms with Crippen molar-refractivity contribution in [2.24, 2.45) is 11.7 Å². The molecule has 180 valence electrons. The summed E-state index contributed by atoms with van der Waals surface area (Å²) >= 11 is 0. The second-order valence-electron chi connectivity index (χ2n) is 7.90. The smallest absolute Gasteiger partial charge is 0.326 e. The first-order chi connectivity index (χ1) is 14.8. The van der Waals surface area contributed by atoms with Gasteiger partial charge in [-0.3, -0.25) is 14.4 Å². The number of amides is 3. The molecule has 0 saturated carbocycles. The summed E-state index contributed by atoms with van der Waals surface area (Å²) in [5.41, 5.74) is 6.05. The van der Waals surface area contributed by atoms with Crippen LogP contribution in [0.5, 0.6) is 0 Å². The third kappa shape index (κ3) is 7.90. The van der Waals surface area contributed by atoms with E-state index in [4.69, 9.17) is 5.73 Å². The van der Waals surface area contributed by atoms with Gasteiger partial charge in [-0.05, 0) is 19.8 Å². The first-order valence-electron chi connectivity index (χ1n) is 10.1. The number of aliphatic hydroxyl groups is 2. The molecular formula is C19H32N6O7. The predicted molar refractivity (Wildman–Crippen MR) is 112 cm³/mol. The number of H-pyrrole nitrogens is 1. The fourth-order valence-corrected chi connectivity index (χ4v) is 2.73. The number of hydrogen-bond acceptors (Lipinski definition) is 8. The van der Waals surface area contributed by atoms with Gasteiger partial charge in [-0.25, -0.2) is 9.78 Å². The second kappa shape index (κ2) is 12.1. The quantitative estimate of drug-likeness (QED) is 0.163. The molecule has 1 rings (SSSR count). The molecule has 0 saturated heterocycles. The number of nitrogens with one attached hydrogen (secondary N) is 4. The summed E-state index contributed by atoms with van der Waals surface area (Å²) in [4.78, 5) is 55.6. The van der Waals surface area contributed by atoms with Crippen LogP contribution in [0.4, 0.5) is 0 Å². The number of aromatic nitrogens is 2. The molecule has 13 nitrogen and oxygen atoms in total. The van der Waals surface area contributed by atoms with Gasteiger partial charge in [-0.15, -0.1) is 0 Å². The van der Waals surface area contributed by atoms with Crippen LogP contribution in [0.1, 0.15) is 33.4 Å². The summed E-state index contributed by atoms with van der Waals surface area (Å²) in [7, 11) is 0. The molecule has 9 N–H and O–H groups in total. The number of imidazole rings is 1. The normalized spacial score (nSPS) is 16.9. The van der Waals surface area contributed by atoms with Crippen LogP contribution in [0.15, 0.2) is 12.5 Å². The Morgan fingerprint density at radius 2 is 1.53 bits per heavy atom. The van der Waals surface area contributed by atoms with Gasteiger partial charge in [0, 0.05) is 18.3 Å². The topological polar surface area (TPSA) is 220 Å². The van der Waals surface area contributed by atoms with Gasteiger partial charge in [-0.1, -0.05) is 13.8 Å². The van der Waals surface area contributed by atoms with Gasteiger partial charge in [0.15, 0.2) is 0 Å². The van der Waals surface area contributed by atoms with Crippen LogP contribution in [0.25, 0.3) is 0 Å². The third-order valence-corrected chi connectivity index (χ3v) is 4.73. The zero-order chi connectivity index (χ0) is 24.6. The Morgan fingerprint density at radius 3 is 1.97 bits per heavy atom. The molecule has 6 atom stereocenters. The predicted octanol–water partition coefficient (Wildman–Crippen LogP) is -2.76. The van der Waals surface area contributed by atoms with Gasteiger partial charge in [0.1, 0.15) is 24.2 Å². The van der Waals surface area contributed by atoms with Crippen LogP contribution in [0, 0.1) is 5.92 Å². The molecule has 0 aliphatic rings. The van der Waals surface area contributed by atoms with Crippen molar-refractivity contribution in [1.29, 1.82) is 0 Å². The van der Waals surface area contributed by atoms with E-state index in [0.717, 1.165) is 0 Å². The van der Waals surface area contributed by atoms with Crippen molar-refractivity contribution in [2.75, 3.05) is 0 Å². The van der Waals surface area contributed by atoms with E-state index in [2.05, 4.69) is 25.9 Å². The first-order valence-corrected chi connectivity index (χ1v) is 10.1. The van der Waals surface area contributed by atoms with Gasteiger partial charge in [0.25, 0.3) is 0 Å². The fraction of sp³-hybridized carbons (Fsp3) is 0.632. The molecular weight excluding hydrogens is 424 g/mol. The lowest BCUT2D eigenvalue weighted by Crippen LogP contribution is -2.61. The Balaban J connectivity index is 2.91. The number of carbonyl (C=O) groups excluding carboxylic acids is 3. The van der Waals surface area contributed by atoms with E-state index in [1.807, 2.05) is 0 Å². The largest absolute Gasteiger partial charge is 0.480 e. The summed E-state index contributed by atoms with van der Waals surface area (Å²) in [5.74, 6) is -4.21. The first kappa shape index (κ1) is 27.0. The van der Waals surface area contributed by atoms with E-state index >= 15 is 0 Å². The highest BCUT2D eigenvalue weighted by atomic mass is 16.4. The molecule has 1 heterocycles. The fourth-order valence-electron chi connectivity index (χ4n) is 2.73. The molecule has 0 aliphatic carbocycles. The highest BCUT2D eigenvalue weighted by Crippen LogP contribution is 2.06. The van der Waals surface area contributed by atoms with E-state index in [1.165, 1.54) is 26.4 Å². The van der Waals surface area contributed by atoms with Crippen molar-refractivity contribution in [3.05, 3.63) is 18.2 Å². The molecule has 0 radical (unpaired) electrons. The Hall–Kier alpha value is -3.03. The van der Waals surface area contributed by atoms with Gasteiger partial charge in [-0.2, -0.15) is 0 Å². The van der Waals surface area contributed by atoms with Crippen molar-refractivity contribution in [3.63, 3.8) is 0 Å². The summed E-state index contributed by atoms with van der Waals surface area (Å²) in [5, 5.41) is 35.9. The number of carbonyl (C=O) groups is 4. The second-order valence-corrected chi connectivity index (χ2v) is 7.90. The monoisotopic (exact) mass is 456 g/mol. The zero-order valence-electron chi connectivity index (χ0n) is 18.4. The van der Waals surface area contributed by atoms with Crippen LogP contribution in [0.3, 0.4) is 0 Å². The lowest BCUT2D eigenvalue weighted by Gasteiger charge is -2.28. The minimum atomic E-state index is -1.49. The maximum Gasteiger partial charge on any atom is 0.326 e. The van der Waals surface area contributed by atoms with Crippen molar-refractivity contribution in [1.82, 2.24) is 25.9 Å². The van der Waals surface area contributed by atoms with E-state index < -0.39 is 66.0 Å². The van der Waals surface area contributed by atoms with Gasteiger partial charge in [0.2, 0.25) is 17.7 Å². The number of hydrogen-bond donors (Lipinski definition) is 8. The molecule has 32 heavy (non-hydrogen) atoms. The molecule has 1 aromatic heterocycles. The van der Waals surface area contributed by atoms with Gasteiger partial charge < -0.3 is 42.0 Å². The number of aliphatic carboxylic acids is 1.